The molecule has 0 spiro atoms. The molecule has 0 atom stereocenters. The summed E-state index contributed by atoms with van der Waals surface area (Å²) in [6, 6.07) is 10.1. The summed E-state index contributed by atoms with van der Waals surface area (Å²) in [5.74, 6) is -0.125. The molecule has 1 aromatic heterocycles. The van der Waals surface area contributed by atoms with Crippen molar-refractivity contribution in [2.75, 3.05) is 44.9 Å². The summed E-state index contributed by atoms with van der Waals surface area (Å²) in [5.41, 5.74) is 1.11. The molecule has 1 heterocycles. The van der Waals surface area contributed by atoms with Crippen LogP contribution in [0.1, 0.15) is 27.1 Å². The number of anilines is 2. The van der Waals surface area contributed by atoms with E-state index in [4.69, 9.17) is 4.74 Å². The van der Waals surface area contributed by atoms with Crippen LogP contribution in [0, 0.1) is 0 Å². The van der Waals surface area contributed by atoms with Gasteiger partial charge in [0.15, 0.2) is 0 Å². The molecule has 7 nitrogen and oxygen atoms in total. The summed E-state index contributed by atoms with van der Waals surface area (Å²) in [5, 5.41) is 5.94. The molecule has 0 fully saturated rings. The number of hydrogen-bond acceptors (Lipinski definition) is 6. The van der Waals surface area contributed by atoms with E-state index >= 15 is 0 Å². The van der Waals surface area contributed by atoms with Crippen LogP contribution in [-0.4, -0.2) is 56.1 Å². The second-order valence-electron chi connectivity index (χ2n) is 6.01. The Hall–Kier alpha value is -2.93. The maximum absolute atomic E-state index is 12.4. The van der Waals surface area contributed by atoms with E-state index in [9.17, 15) is 9.59 Å². The van der Waals surface area contributed by atoms with Crippen LogP contribution in [0.4, 0.5) is 11.5 Å². The summed E-state index contributed by atoms with van der Waals surface area (Å²) in [4.78, 5) is 30.5. The Labute approximate surface area is 153 Å². The van der Waals surface area contributed by atoms with Gasteiger partial charge >= 0.3 is 5.97 Å². The van der Waals surface area contributed by atoms with Gasteiger partial charge in [-0.25, -0.2) is 9.78 Å². The Morgan fingerprint density at radius 1 is 1.15 bits per heavy atom. The predicted molar refractivity (Wildman–Crippen MR) is 102 cm³/mol. The first-order valence-corrected chi connectivity index (χ1v) is 8.34. The number of hydrogen-bond donors (Lipinski definition) is 2. The van der Waals surface area contributed by atoms with Crippen molar-refractivity contribution < 1.29 is 14.3 Å². The lowest BCUT2D eigenvalue weighted by Crippen LogP contribution is -2.17. The van der Waals surface area contributed by atoms with Gasteiger partial charge in [0, 0.05) is 12.7 Å². The lowest BCUT2D eigenvalue weighted by molar-refractivity contribution is 0.0602. The molecule has 0 saturated heterocycles. The number of para-hydroxylation sites is 1. The van der Waals surface area contributed by atoms with E-state index < -0.39 is 5.97 Å². The van der Waals surface area contributed by atoms with Crippen LogP contribution in [0.25, 0.3) is 0 Å². The molecule has 2 N–H and O–H groups in total. The van der Waals surface area contributed by atoms with Crippen LogP contribution in [0.5, 0.6) is 0 Å². The summed E-state index contributed by atoms with van der Waals surface area (Å²) in [6.45, 7) is 1.80. The molecule has 26 heavy (non-hydrogen) atoms. The van der Waals surface area contributed by atoms with E-state index in [1.165, 1.54) is 13.3 Å². The van der Waals surface area contributed by atoms with E-state index in [1.807, 2.05) is 14.1 Å². The molecule has 2 rings (SSSR count). The molecular formula is C19H24N4O3. The standard InChI is InChI=1S/C19H24N4O3/c1-23(2)12-6-11-20-17-10-9-14(13-21-17)18(24)22-16-8-5-4-7-15(16)19(25)26-3/h4-5,7-10,13H,6,11-12H2,1-3H3,(H,20,21)(H,22,24). The van der Waals surface area contributed by atoms with Crippen LogP contribution in [0.2, 0.25) is 0 Å². The van der Waals surface area contributed by atoms with Crippen LogP contribution in [0.3, 0.4) is 0 Å². The van der Waals surface area contributed by atoms with Crippen molar-refractivity contribution in [3.05, 3.63) is 53.7 Å². The highest BCUT2D eigenvalue weighted by Crippen LogP contribution is 2.17. The fourth-order valence-electron chi connectivity index (χ4n) is 2.32. The van der Waals surface area contributed by atoms with Crippen molar-refractivity contribution in [3.8, 4) is 0 Å². The first-order valence-electron chi connectivity index (χ1n) is 8.34. The fraction of sp³-hybridized carbons (Fsp3) is 0.316. The molecule has 0 radical (unpaired) electrons. The Kier molecular flexibility index (Phi) is 7.11. The minimum Gasteiger partial charge on any atom is -0.465 e. The smallest absolute Gasteiger partial charge is 0.339 e. The SMILES string of the molecule is COC(=O)c1ccccc1NC(=O)c1ccc(NCCCN(C)C)nc1. The van der Waals surface area contributed by atoms with Crippen LogP contribution in [-0.2, 0) is 4.74 Å². The summed E-state index contributed by atoms with van der Waals surface area (Å²) in [6.07, 6.45) is 2.51. The molecule has 138 valence electrons. The maximum atomic E-state index is 12.4. The highest BCUT2D eigenvalue weighted by molar-refractivity contribution is 6.07. The average molecular weight is 356 g/mol. The zero-order valence-electron chi connectivity index (χ0n) is 15.3. The number of benzene rings is 1. The number of amides is 1. The molecule has 0 aliphatic carbocycles. The van der Waals surface area contributed by atoms with Gasteiger partial charge in [0.1, 0.15) is 5.82 Å². The largest absolute Gasteiger partial charge is 0.465 e. The van der Waals surface area contributed by atoms with Crippen molar-refractivity contribution in [2.45, 2.75) is 6.42 Å². The number of carbonyl (C=O) groups is 2. The number of pyridine rings is 1. The van der Waals surface area contributed by atoms with Crippen molar-refractivity contribution in [1.82, 2.24) is 9.88 Å². The normalized spacial score (nSPS) is 10.5. The van der Waals surface area contributed by atoms with Gasteiger partial charge < -0.3 is 20.3 Å². The highest BCUT2D eigenvalue weighted by atomic mass is 16.5. The van der Waals surface area contributed by atoms with E-state index in [0.29, 0.717) is 16.8 Å². The second-order valence-corrected chi connectivity index (χ2v) is 6.01. The first kappa shape index (κ1) is 19.4. The van der Waals surface area contributed by atoms with Crippen LogP contribution >= 0.6 is 0 Å². The zero-order chi connectivity index (χ0) is 18.9. The Morgan fingerprint density at radius 2 is 1.92 bits per heavy atom. The summed E-state index contributed by atoms with van der Waals surface area (Å²) in [7, 11) is 5.36. The molecular weight excluding hydrogens is 332 g/mol. The molecule has 1 aromatic carbocycles. The highest BCUT2D eigenvalue weighted by Gasteiger charge is 2.14. The van der Waals surface area contributed by atoms with Crippen LogP contribution in [0.15, 0.2) is 42.6 Å². The Balaban J connectivity index is 1.97. The molecule has 2 aromatic rings. The summed E-state index contributed by atoms with van der Waals surface area (Å²) < 4.78 is 4.73. The monoisotopic (exact) mass is 356 g/mol. The van der Waals surface area contributed by atoms with Gasteiger partial charge in [-0.15, -0.1) is 0 Å². The first-order chi connectivity index (χ1) is 12.5. The fourth-order valence-corrected chi connectivity index (χ4v) is 2.32. The molecule has 7 heteroatoms. The number of nitrogens with one attached hydrogen (secondary N) is 2. The second kappa shape index (κ2) is 9.53. The Morgan fingerprint density at radius 3 is 2.58 bits per heavy atom. The topological polar surface area (TPSA) is 83.6 Å². The number of carbonyl (C=O) groups excluding carboxylic acids is 2. The lowest BCUT2D eigenvalue weighted by Gasteiger charge is -2.11. The third kappa shape index (κ3) is 5.56. The van der Waals surface area contributed by atoms with Gasteiger partial charge in [-0.2, -0.15) is 0 Å². The number of ether oxygens (including phenoxy) is 1. The molecule has 0 aliphatic rings. The molecule has 0 saturated carbocycles. The van der Waals surface area contributed by atoms with Crippen molar-refractivity contribution >= 4 is 23.4 Å². The number of esters is 1. The minimum atomic E-state index is -0.503. The van der Waals surface area contributed by atoms with Gasteiger partial charge in [0.25, 0.3) is 5.91 Å². The van der Waals surface area contributed by atoms with Gasteiger partial charge in [-0.05, 0) is 51.3 Å². The molecule has 1 amide bonds. The number of methoxy groups -OCH3 is 1. The zero-order valence-corrected chi connectivity index (χ0v) is 15.3. The lowest BCUT2D eigenvalue weighted by atomic mass is 10.1. The quantitative estimate of drug-likeness (QED) is 0.558. The number of aromatic nitrogens is 1. The van der Waals surface area contributed by atoms with Gasteiger partial charge in [-0.3, -0.25) is 4.79 Å². The van der Waals surface area contributed by atoms with Gasteiger partial charge in [0.2, 0.25) is 0 Å². The molecule has 0 unspecified atom stereocenters. The van der Waals surface area contributed by atoms with Gasteiger partial charge in [-0.1, -0.05) is 12.1 Å². The Bertz CT molecular complexity index is 745. The average Bonchev–Trinajstić information content (AvgIpc) is 2.65. The molecule has 0 bridgehead atoms. The van der Waals surface area contributed by atoms with E-state index in [1.54, 1.807) is 36.4 Å². The number of nitrogens with zero attached hydrogens (tertiary/aromatic N) is 2. The van der Waals surface area contributed by atoms with Crippen molar-refractivity contribution in [2.24, 2.45) is 0 Å². The van der Waals surface area contributed by atoms with E-state index in [2.05, 4.69) is 20.5 Å². The maximum Gasteiger partial charge on any atom is 0.339 e. The van der Waals surface area contributed by atoms with Crippen LogP contribution < -0.4 is 10.6 Å². The predicted octanol–water partition coefficient (Wildman–Crippen LogP) is 2.48. The third-order valence-corrected chi connectivity index (χ3v) is 3.69. The molecule has 0 aliphatic heterocycles. The summed E-state index contributed by atoms with van der Waals surface area (Å²) >= 11 is 0. The van der Waals surface area contributed by atoms with E-state index in [0.717, 1.165) is 25.3 Å². The van der Waals surface area contributed by atoms with Crippen molar-refractivity contribution in [3.63, 3.8) is 0 Å². The number of rotatable bonds is 8. The van der Waals surface area contributed by atoms with E-state index in [-0.39, 0.29) is 5.91 Å². The minimum absolute atomic E-state index is 0.301. The van der Waals surface area contributed by atoms with Gasteiger partial charge in [0.05, 0.1) is 23.9 Å². The van der Waals surface area contributed by atoms with Crippen molar-refractivity contribution in [1.29, 1.82) is 0 Å². The third-order valence-electron chi connectivity index (χ3n) is 3.69.